The van der Waals surface area contributed by atoms with Gasteiger partial charge in [0.05, 0.1) is 0 Å². The van der Waals surface area contributed by atoms with Crippen LogP contribution in [-0.4, -0.2) is 5.84 Å². The monoisotopic (exact) mass is 123 g/mol. The second-order valence-electron chi connectivity index (χ2n) is 2.22. The first-order valence-electron chi connectivity index (χ1n) is 3.28. The Bertz CT molecular complexity index is 147. The molecule has 0 saturated carbocycles. The molecule has 1 aliphatic rings. The van der Waals surface area contributed by atoms with E-state index >= 15 is 0 Å². The normalized spacial score (nSPS) is 19.1. The minimum Gasteiger partial charge on any atom is -0.240 e. The van der Waals surface area contributed by atoms with Gasteiger partial charge in [-0.15, -0.1) is 0 Å². The van der Waals surface area contributed by atoms with Crippen LogP contribution in [0.4, 0.5) is 0 Å². The minimum atomic E-state index is 0.514. The first-order valence-corrected chi connectivity index (χ1v) is 3.28. The molecule has 0 aliphatic carbocycles. The quantitative estimate of drug-likeness (QED) is 0.532. The van der Waals surface area contributed by atoms with E-state index in [4.69, 9.17) is 0 Å². The van der Waals surface area contributed by atoms with Crippen molar-refractivity contribution in [3.63, 3.8) is 0 Å². The Morgan fingerprint density at radius 1 is 1.56 bits per heavy atom. The van der Waals surface area contributed by atoms with E-state index in [1.165, 1.54) is 0 Å². The lowest BCUT2D eigenvalue weighted by Gasteiger charge is -2.04. The van der Waals surface area contributed by atoms with Crippen LogP contribution in [0.1, 0.15) is 20.3 Å². The maximum Gasteiger partial charge on any atom is 0.131 e. The summed E-state index contributed by atoms with van der Waals surface area (Å²) in [5.74, 6) is 1.48. The van der Waals surface area contributed by atoms with Crippen molar-refractivity contribution in [2.75, 3.05) is 0 Å². The van der Waals surface area contributed by atoms with Crippen molar-refractivity contribution in [1.82, 2.24) is 5.32 Å². The molecule has 9 heavy (non-hydrogen) atoms. The van der Waals surface area contributed by atoms with Crippen molar-refractivity contribution in [3.05, 3.63) is 12.4 Å². The van der Waals surface area contributed by atoms with E-state index in [1.54, 1.807) is 12.4 Å². The highest BCUT2D eigenvalue weighted by Gasteiger charge is 2.09. The standard InChI is InChI=1S/C7H11N2/c1-3-6(2)7-8-4-5-9-7/h4-6H,3H2,1-2H3. The van der Waals surface area contributed by atoms with Gasteiger partial charge in [0.25, 0.3) is 0 Å². The topological polar surface area (TPSA) is 26.5 Å². The highest BCUT2D eigenvalue weighted by Crippen LogP contribution is 2.05. The summed E-state index contributed by atoms with van der Waals surface area (Å²) in [6.07, 6.45) is 4.59. The molecule has 49 valence electrons. The van der Waals surface area contributed by atoms with E-state index < -0.39 is 0 Å². The smallest absolute Gasteiger partial charge is 0.131 e. The van der Waals surface area contributed by atoms with Crippen molar-refractivity contribution >= 4 is 5.84 Å². The van der Waals surface area contributed by atoms with Crippen molar-refractivity contribution in [3.8, 4) is 0 Å². The summed E-state index contributed by atoms with van der Waals surface area (Å²) >= 11 is 0. The van der Waals surface area contributed by atoms with Gasteiger partial charge in [-0.05, 0) is 6.42 Å². The predicted octanol–water partition coefficient (Wildman–Crippen LogP) is 1.52. The molecule has 0 N–H and O–H groups in total. The van der Waals surface area contributed by atoms with Crippen molar-refractivity contribution in [2.45, 2.75) is 20.3 Å². The van der Waals surface area contributed by atoms with Gasteiger partial charge in [0, 0.05) is 18.3 Å². The Morgan fingerprint density at radius 2 is 2.33 bits per heavy atom. The van der Waals surface area contributed by atoms with Crippen LogP contribution in [0.5, 0.6) is 0 Å². The zero-order valence-corrected chi connectivity index (χ0v) is 5.83. The Balaban J connectivity index is 2.45. The Morgan fingerprint density at radius 3 is 2.78 bits per heavy atom. The fraction of sp³-hybridized carbons (Fsp3) is 0.571. The Labute approximate surface area is 55.7 Å². The van der Waals surface area contributed by atoms with Crippen LogP contribution in [0.3, 0.4) is 0 Å². The molecule has 0 amide bonds. The van der Waals surface area contributed by atoms with Gasteiger partial charge in [-0.2, -0.15) is 0 Å². The second-order valence-corrected chi connectivity index (χ2v) is 2.22. The minimum absolute atomic E-state index is 0.514. The second kappa shape index (κ2) is 2.67. The Hall–Kier alpha value is -0.790. The molecule has 1 rings (SSSR count). The summed E-state index contributed by atoms with van der Waals surface area (Å²) in [5, 5.41) is 4.08. The van der Waals surface area contributed by atoms with Crippen molar-refractivity contribution < 1.29 is 0 Å². The maximum atomic E-state index is 4.08. The van der Waals surface area contributed by atoms with Gasteiger partial charge in [-0.25, -0.2) is 10.3 Å². The molecule has 0 fully saturated rings. The van der Waals surface area contributed by atoms with Crippen LogP contribution in [0.25, 0.3) is 0 Å². The van der Waals surface area contributed by atoms with Gasteiger partial charge in [-0.1, -0.05) is 13.8 Å². The molecule has 2 heteroatoms. The highest BCUT2D eigenvalue weighted by atomic mass is 15.0. The Kier molecular flexibility index (Phi) is 1.88. The third kappa shape index (κ3) is 1.31. The highest BCUT2D eigenvalue weighted by molar-refractivity contribution is 5.86. The molecular weight excluding hydrogens is 112 g/mol. The average molecular weight is 123 g/mol. The third-order valence-corrected chi connectivity index (χ3v) is 1.53. The van der Waals surface area contributed by atoms with Crippen LogP contribution >= 0.6 is 0 Å². The average Bonchev–Trinajstić information content (AvgIpc) is 2.37. The summed E-state index contributed by atoms with van der Waals surface area (Å²) in [6.45, 7) is 4.27. The van der Waals surface area contributed by atoms with E-state index in [9.17, 15) is 0 Å². The summed E-state index contributed by atoms with van der Waals surface area (Å²) < 4.78 is 0. The lowest BCUT2D eigenvalue weighted by Crippen LogP contribution is -2.15. The third-order valence-electron chi connectivity index (χ3n) is 1.53. The van der Waals surface area contributed by atoms with E-state index in [2.05, 4.69) is 24.2 Å². The molecule has 2 nitrogen and oxygen atoms in total. The number of nitrogens with zero attached hydrogens (tertiary/aromatic N) is 2. The molecule has 1 radical (unpaired) electrons. The van der Waals surface area contributed by atoms with Crippen LogP contribution < -0.4 is 5.32 Å². The largest absolute Gasteiger partial charge is 0.240 e. The van der Waals surface area contributed by atoms with E-state index in [0.29, 0.717) is 5.92 Å². The molecule has 1 heterocycles. The predicted molar refractivity (Wildman–Crippen MR) is 38.2 cm³/mol. The molecule has 0 bridgehead atoms. The lowest BCUT2D eigenvalue weighted by atomic mass is 10.1. The summed E-state index contributed by atoms with van der Waals surface area (Å²) in [4.78, 5) is 4.08. The van der Waals surface area contributed by atoms with Gasteiger partial charge < -0.3 is 0 Å². The number of aliphatic imine (C=N–C) groups is 1. The van der Waals surface area contributed by atoms with Crippen LogP contribution in [0.15, 0.2) is 17.4 Å². The first-order chi connectivity index (χ1) is 4.34. The molecule has 0 spiro atoms. The van der Waals surface area contributed by atoms with E-state index in [-0.39, 0.29) is 0 Å². The van der Waals surface area contributed by atoms with Crippen molar-refractivity contribution in [1.29, 1.82) is 0 Å². The first kappa shape index (κ1) is 6.33. The molecular formula is C7H11N2. The van der Waals surface area contributed by atoms with E-state index in [0.717, 1.165) is 12.3 Å². The van der Waals surface area contributed by atoms with Gasteiger partial charge in [0.1, 0.15) is 5.84 Å². The van der Waals surface area contributed by atoms with Crippen LogP contribution in [0, 0.1) is 5.92 Å². The van der Waals surface area contributed by atoms with Crippen LogP contribution in [-0.2, 0) is 0 Å². The maximum absolute atomic E-state index is 4.08. The lowest BCUT2D eigenvalue weighted by molar-refractivity contribution is 0.723. The van der Waals surface area contributed by atoms with Crippen molar-refractivity contribution in [2.24, 2.45) is 10.9 Å². The fourth-order valence-electron chi connectivity index (χ4n) is 0.690. The van der Waals surface area contributed by atoms with E-state index in [1.807, 2.05) is 0 Å². The SMILES string of the molecule is CCC(C)C1=NC=C[N]1. The van der Waals surface area contributed by atoms with Gasteiger partial charge in [0.2, 0.25) is 0 Å². The van der Waals surface area contributed by atoms with Gasteiger partial charge in [-0.3, -0.25) is 0 Å². The molecule has 1 aliphatic heterocycles. The molecule has 0 saturated heterocycles. The molecule has 1 atom stereocenters. The molecule has 0 aromatic heterocycles. The summed E-state index contributed by atoms with van der Waals surface area (Å²) in [5.41, 5.74) is 0. The fourth-order valence-corrected chi connectivity index (χ4v) is 0.690. The molecule has 1 unspecified atom stereocenters. The number of hydrogen-bond donors (Lipinski definition) is 0. The zero-order valence-electron chi connectivity index (χ0n) is 5.83. The molecule has 0 aromatic rings. The number of hydrogen-bond acceptors (Lipinski definition) is 1. The number of rotatable bonds is 2. The van der Waals surface area contributed by atoms with Gasteiger partial charge >= 0.3 is 0 Å². The number of amidine groups is 1. The summed E-state index contributed by atoms with van der Waals surface area (Å²) in [7, 11) is 0. The summed E-state index contributed by atoms with van der Waals surface area (Å²) in [6, 6.07) is 0. The zero-order chi connectivity index (χ0) is 6.69. The van der Waals surface area contributed by atoms with Gasteiger partial charge in [0.15, 0.2) is 0 Å². The molecule has 0 aromatic carbocycles. The van der Waals surface area contributed by atoms with Crippen LogP contribution in [0.2, 0.25) is 0 Å².